The standard InChI is InChI=1S/C14H12ClIN2O/c1-18(9-10-3-2-6-17-8-10)14(19)11-4-5-13(16)12(15)7-11/h2-8H,9H2,1H3. The third kappa shape index (κ3) is 3.67. The molecule has 0 spiro atoms. The maximum atomic E-state index is 12.3. The summed E-state index contributed by atoms with van der Waals surface area (Å²) in [4.78, 5) is 17.9. The molecule has 0 aliphatic heterocycles. The van der Waals surface area contributed by atoms with Crippen molar-refractivity contribution in [3.8, 4) is 0 Å². The van der Waals surface area contributed by atoms with Crippen LogP contribution in [0.5, 0.6) is 0 Å². The molecule has 1 amide bonds. The monoisotopic (exact) mass is 386 g/mol. The van der Waals surface area contributed by atoms with Crippen LogP contribution in [0.4, 0.5) is 0 Å². The van der Waals surface area contributed by atoms with E-state index in [0.29, 0.717) is 17.1 Å². The first-order chi connectivity index (χ1) is 9.08. The van der Waals surface area contributed by atoms with Gasteiger partial charge in [0, 0.05) is 35.1 Å². The van der Waals surface area contributed by atoms with Gasteiger partial charge in [0.2, 0.25) is 0 Å². The van der Waals surface area contributed by atoms with Crippen molar-refractivity contribution in [3.63, 3.8) is 0 Å². The number of benzene rings is 1. The Morgan fingerprint density at radius 2 is 2.21 bits per heavy atom. The van der Waals surface area contributed by atoms with Gasteiger partial charge in [0.05, 0.1) is 5.02 Å². The van der Waals surface area contributed by atoms with Crippen LogP contribution in [0.1, 0.15) is 15.9 Å². The minimum atomic E-state index is -0.0536. The summed E-state index contributed by atoms with van der Waals surface area (Å²) in [5, 5.41) is 0.598. The molecule has 19 heavy (non-hydrogen) atoms. The Bertz CT molecular complexity index is 589. The molecular formula is C14H12ClIN2O. The highest BCUT2D eigenvalue weighted by molar-refractivity contribution is 14.1. The molecule has 0 aliphatic rings. The zero-order chi connectivity index (χ0) is 13.8. The van der Waals surface area contributed by atoms with Gasteiger partial charge < -0.3 is 4.90 Å². The van der Waals surface area contributed by atoms with E-state index in [2.05, 4.69) is 27.6 Å². The molecule has 1 aromatic heterocycles. The fraction of sp³-hybridized carbons (Fsp3) is 0.143. The highest BCUT2D eigenvalue weighted by atomic mass is 127. The Hall–Kier alpha value is -1.14. The van der Waals surface area contributed by atoms with Gasteiger partial charge in [-0.2, -0.15) is 0 Å². The van der Waals surface area contributed by atoms with Gasteiger partial charge in [-0.3, -0.25) is 9.78 Å². The maximum absolute atomic E-state index is 12.3. The van der Waals surface area contributed by atoms with Crippen LogP contribution in [-0.2, 0) is 6.54 Å². The van der Waals surface area contributed by atoms with E-state index in [1.54, 1.807) is 36.5 Å². The lowest BCUT2D eigenvalue weighted by molar-refractivity contribution is 0.0785. The minimum absolute atomic E-state index is 0.0536. The molecule has 0 bridgehead atoms. The van der Waals surface area contributed by atoms with Crippen LogP contribution in [0.25, 0.3) is 0 Å². The maximum Gasteiger partial charge on any atom is 0.253 e. The molecule has 0 saturated carbocycles. The third-order valence-corrected chi connectivity index (χ3v) is 4.23. The van der Waals surface area contributed by atoms with Crippen LogP contribution in [0, 0.1) is 3.57 Å². The Balaban J connectivity index is 2.12. The largest absolute Gasteiger partial charge is 0.337 e. The van der Waals surface area contributed by atoms with E-state index < -0.39 is 0 Å². The molecule has 1 aromatic carbocycles. The van der Waals surface area contributed by atoms with Crippen molar-refractivity contribution >= 4 is 40.1 Å². The van der Waals surface area contributed by atoms with Crippen LogP contribution >= 0.6 is 34.2 Å². The number of amides is 1. The van der Waals surface area contributed by atoms with Crippen molar-refractivity contribution in [1.82, 2.24) is 9.88 Å². The molecule has 98 valence electrons. The molecule has 2 aromatic rings. The molecule has 2 rings (SSSR count). The SMILES string of the molecule is CN(Cc1cccnc1)C(=O)c1ccc(I)c(Cl)c1. The lowest BCUT2D eigenvalue weighted by Gasteiger charge is -2.17. The fourth-order valence-electron chi connectivity index (χ4n) is 1.69. The van der Waals surface area contributed by atoms with Crippen molar-refractivity contribution in [2.75, 3.05) is 7.05 Å². The number of rotatable bonds is 3. The van der Waals surface area contributed by atoms with Crippen LogP contribution in [0.3, 0.4) is 0 Å². The summed E-state index contributed by atoms with van der Waals surface area (Å²) in [6.45, 7) is 0.524. The number of aromatic nitrogens is 1. The van der Waals surface area contributed by atoms with E-state index >= 15 is 0 Å². The Kier molecular flexibility index (Phi) is 4.76. The van der Waals surface area contributed by atoms with E-state index in [4.69, 9.17) is 11.6 Å². The number of carbonyl (C=O) groups excluding carboxylic acids is 1. The molecule has 0 aliphatic carbocycles. The van der Waals surface area contributed by atoms with E-state index in [1.165, 1.54) is 0 Å². The van der Waals surface area contributed by atoms with E-state index in [-0.39, 0.29) is 5.91 Å². The number of carbonyl (C=O) groups is 1. The Morgan fingerprint density at radius 3 is 2.84 bits per heavy atom. The smallest absolute Gasteiger partial charge is 0.253 e. The zero-order valence-electron chi connectivity index (χ0n) is 10.3. The number of halogens is 2. The van der Waals surface area contributed by atoms with Gasteiger partial charge in [-0.15, -0.1) is 0 Å². The van der Waals surface area contributed by atoms with Crippen molar-refractivity contribution < 1.29 is 4.79 Å². The average Bonchev–Trinajstić information content (AvgIpc) is 2.42. The zero-order valence-corrected chi connectivity index (χ0v) is 13.2. The quantitative estimate of drug-likeness (QED) is 0.755. The second-order valence-corrected chi connectivity index (χ2v) is 5.72. The van der Waals surface area contributed by atoms with Gasteiger partial charge in [0.15, 0.2) is 0 Å². The van der Waals surface area contributed by atoms with Crippen LogP contribution in [-0.4, -0.2) is 22.8 Å². The molecule has 1 heterocycles. The molecule has 3 nitrogen and oxygen atoms in total. The number of nitrogens with zero attached hydrogens (tertiary/aromatic N) is 2. The van der Waals surface area contributed by atoms with Crippen molar-refractivity contribution in [1.29, 1.82) is 0 Å². The molecule has 0 atom stereocenters. The molecular weight excluding hydrogens is 375 g/mol. The Labute approximate surface area is 130 Å². The summed E-state index contributed by atoms with van der Waals surface area (Å²) < 4.78 is 0.936. The second-order valence-electron chi connectivity index (χ2n) is 4.15. The molecule has 0 saturated heterocycles. The lowest BCUT2D eigenvalue weighted by atomic mass is 10.2. The number of hydrogen-bond donors (Lipinski definition) is 0. The predicted octanol–water partition coefficient (Wildman–Crippen LogP) is 3.61. The van der Waals surface area contributed by atoms with Crippen LogP contribution < -0.4 is 0 Å². The fourth-order valence-corrected chi connectivity index (χ4v) is 2.20. The van der Waals surface area contributed by atoms with Gasteiger partial charge in [0.25, 0.3) is 5.91 Å². The normalized spacial score (nSPS) is 10.3. The first kappa shape index (κ1) is 14.3. The van der Waals surface area contributed by atoms with Gasteiger partial charge in [-0.1, -0.05) is 17.7 Å². The summed E-state index contributed by atoms with van der Waals surface area (Å²) in [5.74, 6) is -0.0536. The number of pyridine rings is 1. The molecule has 0 N–H and O–H groups in total. The molecule has 0 unspecified atom stereocenters. The Morgan fingerprint density at radius 1 is 1.42 bits per heavy atom. The first-order valence-electron chi connectivity index (χ1n) is 5.67. The van der Waals surface area contributed by atoms with E-state index in [0.717, 1.165) is 9.13 Å². The summed E-state index contributed by atoms with van der Waals surface area (Å²) in [5.41, 5.74) is 1.59. The predicted molar refractivity (Wildman–Crippen MR) is 84.2 cm³/mol. The third-order valence-electron chi connectivity index (χ3n) is 2.66. The highest BCUT2D eigenvalue weighted by Gasteiger charge is 2.13. The van der Waals surface area contributed by atoms with Crippen molar-refractivity contribution in [2.45, 2.75) is 6.54 Å². The van der Waals surface area contributed by atoms with E-state index in [9.17, 15) is 4.79 Å². The summed E-state index contributed by atoms with van der Waals surface area (Å²) in [6.07, 6.45) is 3.47. The topological polar surface area (TPSA) is 33.2 Å². The van der Waals surface area contributed by atoms with Crippen LogP contribution in [0.15, 0.2) is 42.7 Å². The first-order valence-corrected chi connectivity index (χ1v) is 7.13. The van der Waals surface area contributed by atoms with Crippen molar-refractivity contribution in [3.05, 3.63) is 62.4 Å². The molecule has 0 radical (unpaired) electrons. The van der Waals surface area contributed by atoms with E-state index in [1.807, 2.05) is 18.2 Å². The second kappa shape index (κ2) is 6.34. The average molecular weight is 387 g/mol. The summed E-state index contributed by atoms with van der Waals surface area (Å²) in [6, 6.07) is 9.13. The highest BCUT2D eigenvalue weighted by Crippen LogP contribution is 2.20. The van der Waals surface area contributed by atoms with Gasteiger partial charge >= 0.3 is 0 Å². The summed E-state index contributed by atoms with van der Waals surface area (Å²) >= 11 is 8.17. The molecule has 5 heteroatoms. The molecule has 0 fully saturated rings. The number of hydrogen-bond acceptors (Lipinski definition) is 2. The minimum Gasteiger partial charge on any atom is -0.337 e. The van der Waals surface area contributed by atoms with Gasteiger partial charge in [-0.05, 0) is 52.4 Å². The summed E-state index contributed by atoms with van der Waals surface area (Å²) in [7, 11) is 1.77. The lowest BCUT2D eigenvalue weighted by Crippen LogP contribution is -2.26. The van der Waals surface area contributed by atoms with Crippen molar-refractivity contribution in [2.24, 2.45) is 0 Å². The van der Waals surface area contributed by atoms with Gasteiger partial charge in [-0.25, -0.2) is 0 Å². The van der Waals surface area contributed by atoms with Gasteiger partial charge in [0.1, 0.15) is 0 Å². The van der Waals surface area contributed by atoms with Crippen LogP contribution in [0.2, 0.25) is 5.02 Å².